The number of hydrogen-bond acceptors (Lipinski definition) is 2. The van der Waals surface area contributed by atoms with Gasteiger partial charge in [-0.15, -0.1) is 0 Å². The molecule has 0 radical (unpaired) electrons. The van der Waals surface area contributed by atoms with E-state index in [0.29, 0.717) is 5.56 Å². The summed E-state index contributed by atoms with van der Waals surface area (Å²) < 4.78 is 29.4. The van der Waals surface area contributed by atoms with Gasteiger partial charge in [0, 0.05) is 18.1 Å². The van der Waals surface area contributed by atoms with Crippen LogP contribution in [0, 0.1) is 11.6 Å². The lowest BCUT2D eigenvalue weighted by molar-refractivity contribution is 0.571. The summed E-state index contributed by atoms with van der Waals surface area (Å²) in [5, 5.41) is 4.27. The molecule has 1 aromatic carbocycles. The molecule has 0 spiro atoms. The van der Waals surface area contributed by atoms with Crippen LogP contribution < -0.4 is 0 Å². The molecule has 1 aliphatic carbocycles. The van der Waals surface area contributed by atoms with Crippen LogP contribution >= 0.6 is 15.9 Å². The molecule has 0 N–H and O–H groups in total. The predicted molar refractivity (Wildman–Crippen MR) is 77.1 cm³/mol. The van der Waals surface area contributed by atoms with Gasteiger partial charge in [0.2, 0.25) is 0 Å². The summed E-state index contributed by atoms with van der Waals surface area (Å²) in [4.78, 5) is 4.33. The first-order valence-corrected chi connectivity index (χ1v) is 7.38. The van der Waals surface area contributed by atoms with E-state index < -0.39 is 11.6 Å². The fraction of sp³-hybridized carbons (Fsp3) is 0.200. The molecule has 2 atom stereocenters. The maximum Gasteiger partial charge on any atom is 0.156 e. The fourth-order valence-corrected chi connectivity index (χ4v) is 3.25. The van der Waals surface area contributed by atoms with Crippen LogP contribution in [0.25, 0.3) is 5.65 Å². The summed E-state index contributed by atoms with van der Waals surface area (Å²) in [6.07, 6.45) is 2.52. The second kappa shape index (κ2) is 4.59. The van der Waals surface area contributed by atoms with Crippen molar-refractivity contribution in [3.05, 3.63) is 64.0 Å². The molecule has 0 saturated heterocycles. The van der Waals surface area contributed by atoms with Gasteiger partial charge in [-0.05, 0) is 46.0 Å². The van der Waals surface area contributed by atoms with E-state index in [2.05, 4.69) is 26.0 Å². The number of rotatable bonds is 2. The summed E-state index contributed by atoms with van der Waals surface area (Å²) in [7, 11) is 0. The third kappa shape index (κ3) is 2.14. The second-order valence-electron chi connectivity index (χ2n) is 5.22. The van der Waals surface area contributed by atoms with Gasteiger partial charge in [0.1, 0.15) is 16.2 Å². The van der Waals surface area contributed by atoms with Gasteiger partial charge in [0.25, 0.3) is 0 Å². The predicted octanol–water partition coefficient (Wildman–Crippen LogP) is 4.04. The SMILES string of the molecule is Fc1ccc([C@H]2C[C@@H]2c2cc(Br)nc3ccnn23)c(F)c1. The fourth-order valence-electron chi connectivity index (χ4n) is 2.84. The first kappa shape index (κ1) is 12.9. The Balaban J connectivity index is 1.74. The third-order valence-electron chi connectivity index (χ3n) is 3.89. The molecular formula is C15H10BrF2N3. The molecule has 0 aliphatic heterocycles. The van der Waals surface area contributed by atoms with Gasteiger partial charge in [-0.2, -0.15) is 5.10 Å². The van der Waals surface area contributed by atoms with E-state index >= 15 is 0 Å². The lowest BCUT2D eigenvalue weighted by atomic mass is 10.1. The van der Waals surface area contributed by atoms with E-state index in [9.17, 15) is 8.78 Å². The van der Waals surface area contributed by atoms with Crippen LogP contribution in [0.2, 0.25) is 0 Å². The third-order valence-corrected chi connectivity index (χ3v) is 4.29. The van der Waals surface area contributed by atoms with Crippen molar-refractivity contribution in [2.45, 2.75) is 18.3 Å². The van der Waals surface area contributed by atoms with Crippen LogP contribution in [-0.4, -0.2) is 14.6 Å². The second-order valence-corrected chi connectivity index (χ2v) is 6.03. The van der Waals surface area contributed by atoms with Gasteiger partial charge in [-0.1, -0.05) is 6.07 Å². The Labute approximate surface area is 127 Å². The molecule has 2 aromatic heterocycles. The number of benzene rings is 1. The largest absolute Gasteiger partial charge is 0.222 e. The molecule has 1 fully saturated rings. The quantitative estimate of drug-likeness (QED) is 0.653. The Bertz CT molecular complexity index is 846. The molecule has 0 bridgehead atoms. The van der Waals surface area contributed by atoms with E-state index in [4.69, 9.17) is 0 Å². The highest BCUT2D eigenvalue weighted by molar-refractivity contribution is 9.10. The van der Waals surface area contributed by atoms with Gasteiger partial charge >= 0.3 is 0 Å². The highest BCUT2D eigenvalue weighted by Crippen LogP contribution is 2.55. The summed E-state index contributed by atoms with van der Waals surface area (Å²) in [6.45, 7) is 0. The summed E-state index contributed by atoms with van der Waals surface area (Å²) >= 11 is 3.39. The zero-order valence-corrected chi connectivity index (χ0v) is 12.4. The molecule has 6 heteroatoms. The standard InChI is InChI=1S/C15H10BrF2N3/c16-14-7-13(21-15(20-14)3-4-19-21)11-6-10(11)9-2-1-8(17)5-12(9)18/h1-5,7,10-11H,6H2/t10-,11+/m1/s1. The van der Waals surface area contributed by atoms with Crippen molar-refractivity contribution in [1.29, 1.82) is 0 Å². The molecule has 1 aliphatic rings. The zero-order chi connectivity index (χ0) is 14.6. The summed E-state index contributed by atoms with van der Waals surface area (Å²) in [6, 6.07) is 7.51. The molecule has 0 unspecified atom stereocenters. The van der Waals surface area contributed by atoms with Gasteiger partial charge in [-0.25, -0.2) is 18.3 Å². The zero-order valence-electron chi connectivity index (χ0n) is 10.8. The molecule has 3 aromatic rings. The highest BCUT2D eigenvalue weighted by Gasteiger charge is 2.42. The Kier molecular flexibility index (Phi) is 2.82. The van der Waals surface area contributed by atoms with Crippen LogP contribution in [0.15, 0.2) is 41.1 Å². The number of nitrogens with zero attached hydrogens (tertiary/aromatic N) is 3. The normalized spacial score (nSPS) is 20.9. The molecule has 0 amide bonds. The van der Waals surface area contributed by atoms with E-state index in [1.54, 1.807) is 10.7 Å². The van der Waals surface area contributed by atoms with Crippen LogP contribution in [-0.2, 0) is 0 Å². The van der Waals surface area contributed by atoms with Crippen LogP contribution in [0.4, 0.5) is 8.78 Å². The molecule has 21 heavy (non-hydrogen) atoms. The minimum Gasteiger partial charge on any atom is -0.222 e. The van der Waals surface area contributed by atoms with Gasteiger partial charge < -0.3 is 0 Å². The van der Waals surface area contributed by atoms with Gasteiger partial charge in [-0.3, -0.25) is 0 Å². The maximum atomic E-state index is 13.9. The van der Waals surface area contributed by atoms with E-state index in [1.807, 2.05) is 12.1 Å². The van der Waals surface area contributed by atoms with Gasteiger partial charge in [0.05, 0.1) is 11.9 Å². The molecule has 4 rings (SSSR count). The summed E-state index contributed by atoms with van der Waals surface area (Å²) in [5.41, 5.74) is 2.31. The smallest absolute Gasteiger partial charge is 0.156 e. The molecule has 1 saturated carbocycles. The van der Waals surface area contributed by atoms with Crippen molar-refractivity contribution in [3.8, 4) is 0 Å². The van der Waals surface area contributed by atoms with Crippen molar-refractivity contribution in [3.63, 3.8) is 0 Å². The van der Waals surface area contributed by atoms with Gasteiger partial charge in [0.15, 0.2) is 5.65 Å². The minimum absolute atomic E-state index is 0.0623. The Morgan fingerprint density at radius 3 is 2.81 bits per heavy atom. The van der Waals surface area contributed by atoms with Crippen LogP contribution in [0.3, 0.4) is 0 Å². The van der Waals surface area contributed by atoms with Crippen molar-refractivity contribution in [2.75, 3.05) is 0 Å². The lowest BCUT2D eigenvalue weighted by Gasteiger charge is -2.06. The Morgan fingerprint density at radius 2 is 2.00 bits per heavy atom. The highest BCUT2D eigenvalue weighted by atomic mass is 79.9. The monoisotopic (exact) mass is 349 g/mol. The Hall–Kier alpha value is -1.82. The van der Waals surface area contributed by atoms with Crippen molar-refractivity contribution in [1.82, 2.24) is 14.6 Å². The molecular weight excluding hydrogens is 340 g/mol. The van der Waals surface area contributed by atoms with Crippen LogP contribution in [0.1, 0.15) is 29.5 Å². The lowest BCUT2D eigenvalue weighted by Crippen LogP contribution is -2.00. The first-order chi connectivity index (χ1) is 10.1. The number of aromatic nitrogens is 3. The van der Waals surface area contributed by atoms with Crippen molar-refractivity contribution < 1.29 is 8.78 Å². The molecule has 3 nitrogen and oxygen atoms in total. The minimum atomic E-state index is -0.547. The molecule has 2 heterocycles. The Morgan fingerprint density at radius 1 is 1.14 bits per heavy atom. The first-order valence-electron chi connectivity index (χ1n) is 6.58. The maximum absolute atomic E-state index is 13.9. The van der Waals surface area contributed by atoms with E-state index in [0.717, 1.165) is 28.4 Å². The van der Waals surface area contributed by atoms with E-state index in [1.165, 1.54) is 12.1 Å². The van der Waals surface area contributed by atoms with Crippen molar-refractivity contribution >= 4 is 21.6 Å². The molecule has 106 valence electrons. The number of fused-ring (bicyclic) bond motifs is 1. The summed E-state index contributed by atoms with van der Waals surface area (Å²) in [5.74, 6) is -0.791. The average molecular weight is 350 g/mol. The van der Waals surface area contributed by atoms with Crippen LogP contribution in [0.5, 0.6) is 0 Å². The van der Waals surface area contributed by atoms with E-state index in [-0.39, 0.29) is 11.8 Å². The topological polar surface area (TPSA) is 30.2 Å². The number of halogens is 3. The number of hydrogen-bond donors (Lipinski definition) is 0. The average Bonchev–Trinajstić information content (AvgIpc) is 3.07. The van der Waals surface area contributed by atoms with Crippen molar-refractivity contribution in [2.24, 2.45) is 0 Å².